The minimum atomic E-state index is -0.402. The molecule has 0 spiro atoms. The van der Waals surface area contributed by atoms with Crippen LogP contribution in [-0.2, 0) is 6.54 Å². The number of rotatable bonds is 6. The molecule has 1 aliphatic heterocycles. The van der Waals surface area contributed by atoms with E-state index in [-0.39, 0.29) is 5.91 Å². The lowest BCUT2D eigenvalue weighted by molar-refractivity contribution is 0.102. The fourth-order valence-electron chi connectivity index (χ4n) is 3.53. The van der Waals surface area contributed by atoms with E-state index in [9.17, 15) is 14.3 Å². The average Bonchev–Trinajstić information content (AvgIpc) is 3.22. The first-order valence-corrected chi connectivity index (χ1v) is 9.86. The average molecular weight is 406 g/mol. The summed E-state index contributed by atoms with van der Waals surface area (Å²) in [6.07, 6.45) is 2.50. The van der Waals surface area contributed by atoms with Gasteiger partial charge in [0.2, 0.25) is 0 Å². The minimum Gasteiger partial charge on any atom is -0.508 e. The summed E-state index contributed by atoms with van der Waals surface area (Å²) >= 11 is 0. The van der Waals surface area contributed by atoms with Crippen LogP contribution < -0.4 is 15.5 Å². The van der Waals surface area contributed by atoms with Crippen molar-refractivity contribution in [1.29, 1.82) is 0 Å². The predicted octanol–water partition coefficient (Wildman–Crippen LogP) is 3.55. The molecule has 1 amide bonds. The number of pyridine rings is 1. The Labute approximate surface area is 174 Å². The Morgan fingerprint density at radius 2 is 2.03 bits per heavy atom. The van der Waals surface area contributed by atoms with Crippen LogP contribution in [0.5, 0.6) is 5.75 Å². The van der Waals surface area contributed by atoms with E-state index in [0.717, 1.165) is 30.9 Å². The summed E-state index contributed by atoms with van der Waals surface area (Å²) in [5, 5.41) is 16.0. The van der Waals surface area contributed by atoms with Crippen LogP contribution in [0.1, 0.15) is 22.3 Å². The minimum absolute atomic E-state index is 0.294. The molecule has 1 aliphatic rings. The molecule has 3 aromatic rings. The van der Waals surface area contributed by atoms with Gasteiger partial charge in [-0.25, -0.2) is 9.37 Å². The molecular formula is C23H23FN4O2. The molecule has 1 aromatic heterocycles. The van der Waals surface area contributed by atoms with Gasteiger partial charge in [0.25, 0.3) is 5.91 Å². The van der Waals surface area contributed by atoms with Crippen molar-refractivity contribution in [2.45, 2.75) is 19.0 Å². The third kappa shape index (κ3) is 4.75. The molecule has 6 nitrogen and oxygen atoms in total. The van der Waals surface area contributed by atoms with E-state index < -0.39 is 5.82 Å². The summed E-state index contributed by atoms with van der Waals surface area (Å²) in [5.41, 5.74) is 1.70. The highest BCUT2D eigenvalue weighted by Gasteiger charge is 2.23. The van der Waals surface area contributed by atoms with Crippen molar-refractivity contribution < 1.29 is 14.3 Å². The third-order valence-corrected chi connectivity index (χ3v) is 5.18. The Kier molecular flexibility index (Phi) is 5.90. The van der Waals surface area contributed by atoms with E-state index >= 15 is 0 Å². The lowest BCUT2D eigenvalue weighted by Crippen LogP contribution is -2.32. The third-order valence-electron chi connectivity index (χ3n) is 5.18. The number of phenolic OH excluding ortho intramolecular Hbond substituents is 1. The van der Waals surface area contributed by atoms with Crippen LogP contribution in [0.2, 0.25) is 0 Å². The normalized spacial score (nSPS) is 15.9. The topological polar surface area (TPSA) is 77.5 Å². The van der Waals surface area contributed by atoms with Crippen LogP contribution in [-0.4, -0.2) is 35.1 Å². The van der Waals surface area contributed by atoms with Crippen molar-refractivity contribution in [1.82, 2.24) is 10.3 Å². The maximum absolute atomic E-state index is 13.3. The number of para-hydroxylation sites is 1. The van der Waals surface area contributed by atoms with Crippen LogP contribution >= 0.6 is 0 Å². The number of anilines is 2. The number of nitrogens with one attached hydrogen (secondary N) is 2. The largest absolute Gasteiger partial charge is 0.508 e. The van der Waals surface area contributed by atoms with Gasteiger partial charge in [0.05, 0.1) is 5.56 Å². The van der Waals surface area contributed by atoms with E-state index in [4.69, 9.17) is 0 Å². The SMILES string of the molecule is O=C(Nc1cccc(F)c1)c1ccc(N2CCC(NCc3ccccc3O)C2)nc1. The number of carbonyl (C=O) groups is 1. The molecular weight excluding hydrogens is 383 g/mol. The second kappa shape index (κ2) is 8.92. The van der Waals surface area contributed by atoms with E-state index in [1.807, 2.05) is 24.3 Å². The number of halogens is 1. The number of amides is 1. The Morgan fingerprint density at radius 1 is 1.17 bits per heavy atom. The predicted molar refractivity (Wildman–Crippen MR) is 114 cm³/mol. The first-order valence-electron chi connectivity index (χ1n) is 9.86. The molecule has 30 heavy (non-hydrogen) atoms. The van der Waals surface area contributed by atoms with E-state index in [1.165, 1.54) is 18.3 Å². The quantitative estimate of drug-likeness (QED) is 0.584. The fraction of sp³-hybridized carbons (Fsp3) is 0.217. The molecule has 0 radical (unpaired) electrons. The number of hydrogen-bond acceptors (Lipinski definition) is 5. The van der Waals surface area contributed by atoms with Gasteiger partial charge in [-0.05, 0) is 42.8 Å². The van der Waals surface area contributed by atoms with Crippen molar-refractivity contribution >= 4 is 17.4 Å². The van der Waals surface area contributed by atoms with Gasteiger partial charge in [0, 0.05) is 43.1 Å². The van der Waals surface area contributed by atoms with E-state index in [0.29, 0.717) is 29.6 Å². The van der Waals surface area contributed by atoms with E-state index in [2.05, 4.69) is 20.5 Å². The fourth-order valence-corrected chi connectivity index (χ4v) is 3.53. The van der Waals surface area contributed by atoms with Gasteiger partial charge in [-0.15, -0.1) is 0 Å². The van der Waals surface area contributed by atoms with Crippen LogP contribution in [0.3, 0.4) is 0 Å². The molecule has 0 bridgehead atoms. The number of phenols is 1. The monoisotopic (exact) mass is 406 g/mol. The summed E-state index contributed by atoms with van der Waals surface area (Å²) in [5.74, 6) is 0.377. The highest BCUT2D eigenvalue weighted by molar-refractivity contribution is 6.04. The second-order valence-electron chi connectivity index (χ2n) is 7.31. The second-order valence-corrected chi connectivity index (χ2v) is 7.31. The summed E-state index contributed by atoms with van der Waals surface area (Å²) in [6, 6.07) is 16.9. The lowest BCUT2D eigenvalue weighted by atomic mass is 10.2. The number of carbonyl (C=O) groups excluding carboxylic acids is 1. The van der Waals surface area contributed by atoms with Crippen LogP contribution in [0.15, 0.2) is 66.9 Å². The highest BCUT2D eigenvalue weighted by Crippen LogP contribution is 2.20. The highest BCUT2D eigenvalue weighted by atomic mass is 19.1. The van der Waals surface area contributed by atoms with Crippen molar-refractivity contribution in [3.8, 4) is 5.75 Å². The van der Waals surface area contributed by atoms with Gasteiger partial charge in [-0.3, -0.25) is 4.79 Å². The molecule has 7 heteroatoms. The number of aromatic nitrogens is 1. The van der Waals surface area contributed by atoms with Gasteiger partial charge in [-0.1, -0.05) is 24.3 Å². The molecule has 1 saturated heterocycles. The van der Waals surface area contributed by atoms with Gasteiger partial charge < -0.3 is 20.6 Å². The van der Waals surface area contributed by atoms with Gasteiger partial charge in [0.15, 0.2) is 0 Å². The molecule has 1 fully saturated rings. The summed E-state index contributed by atoms with van der Waals surface area (Å²) in [4.78, 5) is 18.9. The van der Waals surface area contributed by atoms with Crippen LogP contribution in [0.4, 0.5) is 15.9 Å². The zero-order valence-corrected chi connectivity index (χ0v) is 16.4. The summed E-state index contributed by atoms with van der Waals surface area (Å²) < 4.78 is 13.3. The van der Waals surface area contributed by atoms with Crippen LogP contribution in [0, 0.1) is 5.82 Å². The van der Waals surface area contributed by atoms with Gasteiger partial charge in [0.1, 0.15) is 17.4 Å². The summed E-state index contributed by atoms with van der Waals surface area (Å²) in [6.45, 7) is 2.27. The van der Waals surface area contributed by atoms with Crippen molar-refractivity contribution in [2.24, 2.45) is 0 Å². The lowest BCUT2D eigenvalue weighted by Gasteiger charge is -2.18. The zero-order chi connectivity index (χ0) is 20.9. The van der Waals surface area contributed by atoms with Gasteiger partial charge >= 0.3 is 0 Å². The standard InChI is InChI=1S/C23H23FN4O2/c24-18-5-3-6-19(12-18)27-23(30)17-8-9-22(26-14-17)28-11-10-20(15-28)25-13-16-4-1-2-7-21(16)29/h1-9,12,14,20,25,29H,10-11,13,15H2,(H,27,30). The van der Waals surface area contributed by atoms with E-state index in [1.54, 1.807) is 24.3 Å². The van der Waals surface area contributed by atoms with Crippen molar-refractivity contribution in [2.75, 3.05) is 23.3 Å². The Bertz CT molecular complexity index is 1030. The zero-order valence-electron chi connectivity index (χ0n) is 16.4. The molecule has 1 atom stereocenters. The van der Waals surface area contributed by atoms with Gasteiger partial charge in [-0.2, -0.15) is 0 Å². The maximum atomic E-state index is 13.3. The van der Waals surface area contributed by atoms with Crippen molar-refractivity contribution in [3.63, 3.8) is 0 Å². The molecule has 3 N–H and O–H groups in total. The number of nitrogens with zero attached hydrogens (tertiary/aromatic N) is 2. The van der Waals surface area contributed by atoms with Crippen LogP contribution in [0.25, 0.3) is 0 Å². The smallest absolute Gasteiger partial charge is 0.257 e. The Hall–Kier alpha value is -3.45. The molecule has 0 saturated carbocycles. The van der Waals surface area contributed by atoms with Crippen molar-refractivity contribution in [3.05, 3.63) is 83.8 Å². The Morgan fingerprint density at radius 3 is 2.80 bits per heavy atom. The number of benzene rings is 2. The molecule has 4 rings (SSSR count). The molecule has 0 aliphatic carbocycles. The number of aromatic hydroxyl groups is 1. The first-order chi connectivity index (χ1) is 14.6. The number of hydrogen-bond donors (Lipinski definition) is 3. The molecule has 2 heterocycles. The summed E-state index contributed by atoms with van der Waals surface area (Å²) in [7, 11) is 0. The first kappa shape index (κ1) is 19.8. The maximum Gasteiger partial charge on any atom is 0.257 e. The molecule has 2 aromatic carbocycles. The molecule has 1 unspecified atom stereocenters. The Balaban J connectivity index is 1.32. The molecule has 154 valence electrons.